The molecule has 0 spiro atoms. The first-order valence-corrected chi connectivity index (χ1v) is 6.42. The van der Waals surface area contributed by atoms with Gasteiger partial charge in [-0.1, -0.05) is 0 Å². The van der Waals surface area contributed by atoms with E-state index >= 15 is 0 Å². The molecule has 0 saturated carbocycles. The number of anilines is 1. The first kappa shape index (κ1) is 12.1. The third kappa shape index (κ3) is 3.04. The molecule has 0 radical (unpaired) electrons. The summed E-state index contributed by atoms with van der Waals surface area (Å²) in [7, 11) is 0. The fraction of sp³-hybridized carbons (Fsp3) is 0.455. The van der Waals surface area contributed by atoms with E-state index in [-0.39, 0.29) is 5.91 Å². The summed E-state index contributed by atoms with van der Waals surface area (Å²) in [6.45, 7) is 1.87. The van der Waals surface area contributed by atoms with Gasteiger partial charge in [-0.05, 0) is 36.9 Å². The highest BCUT2D eigenvalue weighted by Gasteiger charge is 2.19. The Bertz CT molecular complexity index is 424. The van der Waals surface area contributed by atoms with Crippen LogP contribution in [0.15, 0.2) is 11.4 Å². The van der Waals surface area contributed by atoms with Gasteiger partial charge in [0.25, 0.3) is 5.91 Å². The molecular formula is C11H15N3O2S. The summed E-state index contributed by atoms with van der Waals surface area (Å²) in [6, 6.07) is 1.62. The molecule has 1 saturated heterocycles. The molecule has 1 aliphatic rings. The van der Waals surface area contributed by atoms with Crippen molar-refractivity contribution in [3.8, 4) is 0 Å². The van der Waals surface area contributed by atoms with Gasteiger partial charge in [0.1, 0.15) is 5.00 Å². The van der Waals surface area contributed by atoms with Crippen molar-refractivity contribution in [2.75, 3.05) is 18.4 Å². The summed E-state index contributed by atoms with van der Waals surface area (Å²) in [5, 5.41) is 8.26. The van der Waals surface area contributed by atoms with Crippen LogP contribution < -0.4 is 16.4 Å². The highest BCUT2D eigenvalue weighted by Crippen LogP contribution is 2.23. The van der Waals surface area contributed by atoms with Gasteiger partial charge in [0, 0.05) is 6.42 Å². The predicted octanol–water partition coefficient (Wildman–Crippen LogP) is 0.785. The molecule has 2 heterocycles. The molecule has 1 aromatic heterocycles. The molecular weight excluding hydrogens is 238 g/mol. The van der Waals surface area contributed by atoms with Gasteiger partial charge in [0.2, 0.25) is 5.91 Å². The number of carbonyl (C=O) groups excluding carboxylic acids is 2. The Morgan fingerprint density at radius 2 is 2.41 bits per heavy atom. The van der Waals surface area contributed by atoms with E-state index in [0.29, 0.717) is 22.9 Å². The zero-order valence-corrected chi connectivity index (χ0v) is 10.2. The van der Waals surface area contributed by atoms with Crippen molar-refractivity contribution in [2.45, 2.75) is 12.8 Å². The van der Waals surface area contributed by atoms with Crippen LogP contribution >= 0.6 is 11.3 Å². The van der Waals surface area contributed by atoms with Crippen molar-refractivity contribution in [2.24, 2.45) is 11.7 Å². The Hall–Kier alpha value is -1.40. The maximum atomic E-state index is 11.8. The van der Waals surface area contributed by atoms with Gasteiger partial charge in [-0.3, -0.25) is 9.59 Å². The van der Waals surface area contributed by atoms with E-state index in [9.17, 15) is 9.59 Å². The van der Waals surface area contributed by atoms with Crippen molar-refractivity contribution in [1.82, 2.24) is 5.32 Å². The van der Waals surface area contributed by atoms with E-state index < -0.39 is 5.91 Å². The number of nitrogens with two attached hydrogens (primary N) is 1. The molecule has 0 aliphatic carbocycles. The van der Waals surface area contributed by atoms with Crippen molar-refractivity contribution in [1.29, 1.82) is 0 Å². The third-order valence-electron chi connectivity index (χ3n) is 2.82. The number of thiophene rings is 1. The lowest BCUT2D eigenvalue weighted by molar-refractivity contribution is -0.116. The quantitative estimate of drug-likeness (QED) is 0.741. The molecule has 1 fully saturated rings. The molecule has 0 bridgehead atoms. The number of hydrogen-bond acceptors (Lipinski definition) is 4. The average molecular weight is 253 g/mol. The number of hydrogen-bond donors (Lipinski definition) is 3. The van der Waals surface area contributed by atoms with Gasteiger partial charge in [0.15, 0.2) is 0 Å². The van der Waals surface area contributed by atoms with E-state index in [1.807, 2.05) is 0 Å². The number of rotatable bonds is 4. The molecule has 92 valence electrons. The molecule has 17 heavy (non-hydrogen) atoms. The lowest BCUT2D eigenvalue weighted by Crippen LogP contribution is -2.20. The van der Waals surface area contributed by atoms with Gasteiger partial charge in [-0.15, -0.1) is 11.3 Å². The van der Waals surface area contributed by atoms with Crippen molar-refractivity contribution in [3.05, 3.63) is 17.0 Å². The van der Waals surface area contributed by atoms with Gasteiger partial charge < -0.3 is 16.4 Å². The Morgan fingerprint density at radius 1 is 1.59 bits per heavy atom. The minimum atomic E-state index is -0.510. The van der Waals surface area contributed by atoms with E-state index in [1.165, 1.54) is 11.3 Å². The summed E-state index contributed by atoms with van der Waals surface area (Å²) in [4.78, 5) is 22.8. The minimum Gasteiger partial charge on any atom is -0.366 e. The lowest BCUT2D eigenvalue weighted by atomic mass is 10.0. The average Bonchev–Trinajstić information content (AvgIpc) is 2.88. The topological polar surface area (TPSA) is 84.2 Å². The van der Waals surface area contributed by atoms with Crippen LogP contribution in [0.4, 0.5) is 5.00 Å². The fourth-order valence-corrected chi connectivity index (χ4v) is 2.74. The van der Waals surface area contributed by atoms with Gasteiger partial charge >= 0.3 is 0 Å². The molecule has 1 unspecified atom stereocenters. The normalized spacial score (nSPS) is 19.2. The number of primary amides is 1. The smallest absolute Gasteiger partial charge is 0.251 e. The minimum absolute atomic E-state index is 0.0522. The fourth-order valence-electron chi connectivity index (χ4n) is 1.93. The van der Waals surface area contributed by atoms with Crippen molar-refractivity contribution in [3.63, 3.8) is 0 Å². The van der Waals surface area contributed by atoms with Crippen LogP contribution in [-0.2, 0) is 4.79 Å². The second-order valence-electron chi connectivity index (χ2n) is 4.14. The Morgan fingerprint density at radius 3 is 3.06 bits per heavy atom. The van der Waals surface area contributed by atoms with E-state index in [1.54, 1.807) is 11.4 Å². The van der Waals surface area contributed by atoms with Crippen LogP contribution in [0.2, 0.25) is 0 Å². The molecule has 0 aromatic carbocycles. The first-order valence-electron chi connectivity index (χ1n) is 5.54. The van der Waals surface area contributed by atoms with E-state index in [0.717, 1.165) is 19.5 Å². The summed E-state index contributed by atoms with van der Waals surface area (Å²) in [5.74, 6) is -0.167. The summed E-state index contributed by atoms with van der Waals surface area (Å²) >= 11 is 1.32. The molecule has 4 N–H and O–H groups in total. The van der Waals surface area contributed by atoms with Crippen LogP contribution in [0.1, 0.15) is 23.2 Å². The Balaban J connectivity index is 1.93. The predicted molar refractivity (Wildman–Crippen MR) is 67.1 cm³/mol. The molecule has 1 aromatic rings. The zero-order chi connectivity index (χ0) is 12.3. The molecule has 6 heteroatoms. The second-order valence-corrected chi connectivity index (χ2v) is 5.05. The SMILES string of the molecule is NC(=O)c1ccsc1NC(=O)CC1CCNC1. The summed E-state index contributed by atoms with van der Waals surface area (Å²) < 4.78 is 0. The van der Waals surface area contributed by atoms with E-state index in [4.69, 9.17) is 5.73 Å². The number of amides is 2. The molecule has 5 nitrogen and oxygen atoms in total. The van der Waals surface area contributed by atoms with E-state index in [2.05, 4.69) is 10.6 Å². The maximum Gasteiger partial charge on any atom is 0.251 e. The van der Waals surface area contributed by atoms with Gasteiger partial charge in [-0.25, -0.2) is 0 Å². The first-order chi connectivity index (χ1) is 8.16. The van der Waals surface area contributed by atoms with Crippen LogP contribution in [0, 0.1) is 5.92 Å². The molecule has 2 rings (SSSR count). The van der Waals surface area contributed by atoms with Crippen LogP contribution in [0.25, 0.3) is 0 Å². The second kappa shape index (κ2) is 5.29. The Kier molecular flexibility index (Phi) is 3.75. The van der Waals surface area contributed by atoms with Crippen LogP contribution in [0.3, 0.4) is 0 Å². The highest BCUT2D eigenvalue weighted by molar-refractivity contribution is 7.14. The number of carbonyl (C=O) groups is 2. The van der Waals surface area contributed by atoms with Crippen molar-refractivity contribution >= 4 is 28.2 Å². The largest absolute Gasteiger partial charge is 0.366 e. The van der Waals surface area contributed by atoms with Crippen molar-refractivity contribution < 1.29 is 9.59 Å². The lowest BCUT2D eigenvalue weighted by Gasteiger charge is -2.08. The Labute approximate surface area is 103 Å². The van der Waals surface area contributed by atoms with Gasteiger partial charge in [0.05, 0.1) is 5.56 Å². The maximum absolute atomic E-state index is 11.8. The summed E-state index contributed by atoms with van der Waals surface area (Å²) in [6.07, 6.45) is 1.52. The summed E-state index contributed by atoms with van der Waals surface area (Å²) in [5.41, 5.74) is 5.59. The zero-order valence-electron chi connectivity index (χ0n) is 9.36. The molecule has 1 atom stereocenters. The highest BCUT2D eigenvalue weighted by atomic mass is 32.1. The van der Waals surface area contributed by atoms with Crippen LogP contribution in [-0.4, -0.2) is 24.9 Å². The third-order valence-corrected chi connectivity index (χ3v) is 3.65. The number of nitrogens with one attached hydrogen (secondary N) is 2. The van der Waals surface area contributed by atoms with Gasteiger partial charge in [-0.2, -0.15) is 0 Å². The molecule has 2 amide bonds. The monoisotopic (exact) mass is 253 g/mol. The standard InChI is InChI=1S/C11H15N3O2S/c12-10(16)8-2-4-17-11(8)14-9(15)5-7-1-3-13-6-7/h2,4,7,13H,1,3,5-6H2,(H2,12,16)(H,14,15). The molecule has 1 aliphatic heterocycles. The van der Waals surface area contributed by atoms with Crippen LogP contribution in [0.5, 0.6) is 0 Å².